The Bertz CT molecular complexity index is 883. The van der Waals surface area contributed by atoms with Gasteiger partial charge < -0.3 is 19.2 Å². The molecule has 0 spiro atoms. The first kappa shape index (κ1) is 21.6. The number of piperidine rings is 1. The van der Waals surface area contributed by atoms with Gasteiger partial charge in [-0.3, -0.25) is 14.6 Å². The lowest BCUT2D eigenvalue weighted by Crippen LogP contribution is -2.45. The van der Waals surface area contributed by atoms with Gasteiger partial charge in [-0.05, 0) is 36.5 Å². The molecule has 168 valence electrons. The number of aromatic nitrogens is 1. The number of likely N-dealkylation sites (tertiary alicyclic amines) is 1. The van der Waals surface area contributed by atoms with Crippen LogP contribution >= 0.6 is 0 Å². The number of rotatable bonds is 6. The Morgan fingerprint density at radius 3 is 2.45 bits per heavy atom. The van der Waals surface area contributed by atoms with Crippen LogP contribution in [0.1, 0.15) is 41.7 Å². The number of phenols is 1. The second-order valence-electron chi connectivity index (χ2n) is 8.66. The van der Waals surface area contributed by atoms with Gasteiger partial charge in [0.15, 0.2) is 17.2 Å². The molecule has 4 rings (SSSR count). The van der Waals surface area contributed by atoms with Crippen molar-refractivity contribution in [1.29, 1.82) is 0 Å². The minimum absolute atomic E-state index is 0.0190. The second-order valence-corrected chi connectivity index (χ2v) is 8.66. The molecule has 2 saturated heterocycles. The first-order valence-corrected chi connectivity index (χ1v) is 11.1. The highest BCUT2D eigenvalue weighted by Crippen LogP contribution is 2.27. The van der Waals surface area contributed by atoms with Crippen LogP contribution in [0.15, 0.2) is 28.9 Å². The van der Waals surface area contributed by atoms with Gasteiger partial charge >= 0.3 is 0 Å². The largest absolute Gasteiger partial charge is 0.504 e. The number of piperazine rings is 1. The Hall–Kier alpha value is -2.58. The molecule has 1 aromatic carbocycles. The molecular weight excluding hydrogens is 396 g/mol. The highest BCUT2D eigenvalue weighted by atomic mass is 16.5. The van der Waals surface area contributed by atoms with Crippen LogP contribution in [0.4, 0.5) is 0 Å². The van der Waals surface area contributed by atoms with E-state index in [2.05, 4.69) is 21.7 Å². The summed E-state index contributed by atoms with van der Waals surface area (Å²) in [6, 6.07) is 5.55. The van der Waals surface area contributed by atoms with Gasteiger partial charge in [-0.25, -0.2) is 4.98 Å². The van der Waals surface area contributed by atoms with Crippen LogP contribution in [-0.2, 0) is 13.1 Å². The minimum atomic E-state index is -0.0190. The van der Waals surface area contributed by atoms with Crippen molar-refractivity contribution >= 4 is 5.91 Å². The number of aromatic hydroxyl groups is 1. The third-order valence-electron chi connectivity index (χ3n) is 6.31. The summed E-state index contributed by atoms with van der Waals surface area (Å²) in [5.74, 6) is 1.93. The van der Waals surface area contributed by atoms with E-state index in [9.17, 15) is 9.90 Å². The Labute approximate surface area is 183 Å². The first-order chi connectivity index (χ1) is 15.0. The summed E-state index contributed by atoms with van der Waals surface area (Å²) in [7, 11) is 1.55. The molecule has 0 bridgehead atoms. The fourth-order valence-corrected chi connectivity index (χ4v) is 4.24. The molecule has 0 unspecified atom stereocenters. The SMILES string of the molecule is COc1ccc(CN2CCN(Cc3nc(C(=O)N4CCC(C)CC4)co3)CC2)cc1O. The summed E-state index contributed by atoms with van der Waals surface area (Å²) in [6.45, 7) is 8.88. The number of benzene rings is 1. The highest BCUT2D eigenvalue weighted by molar-refractivity contribution is 5.92. The van der Waals surface area contributed by atoms with Crippen LogP contribution in [0.5, 0.6) is 11.5 Å². The van der Waals surface area contributed by atoms with Crippen LogP contribution in [0, 0.1) is 5.92 Å². The lowest BCUT2D eigenvalue weighted by atomic mass is 9.99. The van der Waals surface area contributed by atoms with E-state index in [0.717, 1.165) is 64.2 Å². The molecule has 2 aromatic rings. The molecule has 8 heteroatoms. The zero-order valence-corrected chi connectivity index (χ0v) is 18.4. The minimum Gasteiger partial charge on any atom is -0.504 e. The van der Waals surface area contributed by atoms with E-state index < -0.39 is 0 Å². The first-order valence-electron chi connectivity index (χ1n) is 11.1. The van der Waals surface area contributed by atoms with Gasteiger partial charge in [-0.2, -0.15) is 0 Å². The van der Waals surface area contributed by atoms with E-state index in [1.54, 1.807) is 19.2 Å². The summed E-state index contributed by atoms with van der Waals surface area (Å²) in [5.41, 5.74) is 1.48. The van der Waals surface area contributed by atoms with Crippen LogP contribution in [0.2, 0.25) is 0 Å². The summed E-state index contributed by atoms with van der Waals surface area (Å²) >= 11 is 0. The zero-order chi connectivity index (χ0) is 21.8. The zero-order valence-electron chi connectivity index (χ0n) is 18.4. The van der Waals surface area contributed by atoms with Gasteiger partial charge in [-0.1, -0.05) is 13.0 Å². The lowest BCUT2D eigenvalue weighted by Gasteiger charge is -2.34. The predicted octanol–water partition coefficient (Wildman–Crippen LogP) is 2.58. The molecular formula is C23H32N4O4. The van der Waals surface area contributed by atoms with Gasteiger partial charge in [0.25, 0.3) is 5.91 Å². The molecule has 2 fully saturated rings. The van der Waals surface area contributed by atoms with Gasteiger partial charge in [0, 0.05) is 45.8 Å². The van der Waals surface area contributed by atoms with E-state index in [4.69, 9.17) is 9.15 Å². The number of nitrogens with zero attached hydrogens (tertiary/aromatic N) is 4. The van der Waals surface area contributed by atoms with Gasteiger partial charge in [-0.15, -0.1) is 0 Å². The van der Waals surface area contributed by atoms with E-state index in [1.807, 2.05) is 11.0 Å². The van der Waals surface area contributed by atoms with Crippen molar-refractivity contribution in [1.82, 2.24) is 19.7 Å². The molecule has 1 aromatic heterocycles. The van der Waals surface area contributed by atoms with E-state index >= 15 is 0 Å². The summed E-state index contributed by atoms with van der Waals surface area (Å²) in [5, 5.41) is 9.97. The van der Waals surface area contributed by atoms with E-state index in [1.165, 1.54) is 6.26 Å². The Morgan fingerprint density at radius 2 is 1.81 bits per heavy atom. The van der Waals surface area contributed by atoms with Crippen molar-refractivity contribution in [2.24, 2.45) is 5.92 Å². The number of hydrogen-bond acceptors (Lipinski definition) is 7. The predicted molar refractivity (Wildman–Crippen MR) is 116 cm³/mol. The molecule has 3 heterocycles. The molecule has 8 nitrogen and oxygen atoms in total. The molecule has 0 radical (unpaired) electrons. The van der Waals surface area contributed by atoms with Gasteiger partial charge in [0.05, 0.1) is 13.7 Å². The van der Waals surface area contributed by atoms with Crippen molar-refractivity contribution in [3.63, 3.8) is 0 Å². The number of amides is 1. The maximum atomic E-state index is 12.7. The summed E-state index contributed by atoms with van der Waals surface area (Å²) in [6.07, 6.45) is 3.61. The summed E-state index contributed by atoms with van der Waals surface area (Å²) < 4.78 is 10.7. The Morgan fingerprint density at radius 1 is 1.13 bits per heavy atom. The van der Waals surface area contributed by atoms with Crippen molar-refractivity contribution in [2.45, 2.75) is 32.9 Å². The fourth-order valence-electron chi connectivity index (χ4n) is 4.24. The monoisotopic (exact) mass is 428 g/mol. The number of carbonyl (C=O) groups excluding carboxylic acids is 1. The highest BCUT2D eigenvalue weighted by Gasteiger charge is 2.25. The maximum Gasteiger partial charge on any atom is 0.275 e. The molecule has 0 aliphatic carbocycles. The van der Waals surface area contributed by atoms with Crippen LogP contribution in [0.3, 0.4) is 0 Å². The van der Waals surface area contributed by atoms with E-state index in [-0.39, 0.29) is 11.7 Å². The van der Waals surface area contributed by atoms with Crippen molar-refractivity contribution < 1.29 is 19.1 Å². The number of methoxy groups -OCH3 is 1. The van der Waals surface area contributed by atoms with Crippen molar-refractivity contribution in [3.05, 3.63) is 41.6 Å². The lowest BCUT2D eigenvalue weighted by molar-refractivity contribution is 0.0691. The number of hydrogen-bond donors (Lipinski definition) is 1. The number of oxazole rings is 1. The molecule has 2 aliphatic heterocycles. The fraction of sp³-hybridized carbons (Fsp3) is 0.565. The molecule has 2 aliphatic rings. The quantitative estimate of drug-likeness (QED) is 0.757. The molecule has 0 atom stereocenters. The third-order valence-corrected chi connectivity index (χ3v) is 6.31. The standard InChI is InChI=1S/C23H32N4O4/c1-17-5-7-27(8-6-17)23(29)19-16-31-22(24-19)15-26-11-9-25(10-12-26)14-18-3-4-21(30-2)20(28)13-18/h3-4,13,16-17,28H,5-12,14-15H2,1-2H3. The maximum absolute atomic E-state index is 12.7. The van der Waals surface area contributed by atoms with Gasteiger partial charge in [0.1, 0.15) is 6.26 Å². The van der Waals surface area contributed by atoms with Crippen LogP contribution in [0.25, 0.3) is 0 Å². The second kappa shape index (κ2) is 9.70. The smallest absolute Gasteiger partial charge is 0.275 e. The molecule has 0 saturated carbocycles. The van der Waals surface area contributed by atoms with E-state index in [0.29, 0.717) is 29.8 Å². The van der Waals surface area contributed by atoms with Crippen molar-refractivity contribution in [3.8, 4) is 11.5 Å². The Balaban J connectivity index is 1.25. The van der Waals surface area contributed by atoms with Crippen LogP contribution < -0.4 is 4.74 Å². The molecule has 1 amide bonds. The molecule has 1 N–H and O–H groups in total. The Kier molecular flexibility index (Phi) is 6.77. The topological polar surface area (TPSA) is 82.3 Å². The number of ether oxygens (including phenoxy) is 1. The van der Waals surface area contributed by atoms with Gasteiger partial charge in [0.2, 0.25) is 5.89 Å². The molecule has 31 heavy (non-hydrogen) atoms. The van der Waals surface area contributed by atoms with Crippen LogP contribution in [-0.4, -0.2) is 77.1 Å². The normalized spacial score (nSPS) is 19.0. The third kappa shape index (κ3) is 5.37. The number of phenolic OH excluding ortho intramolecular Hbond substituents is 1. The average Bonchev–Trinajstić information content (AvgIpc) is 3.24. The summed E-state index contributed by atoms with van der Waals surface area (Å²) in [4.78, 5) is 23.7. The van der Waals surface area contributed by atoms with Crippen molar-refractivity contribution in [2.75, 3.05) is 46.4 Å². The average molecular weight is 429 g/mol. The number of carbonyl (C=O) groups is 1.